The number of aliphatic imine (C=N–C) groups is 1. The van der Waals surface area contributed by atoms with Crippen LogP contribution < -0.4 is 10.6 Å². The third kappa shape index (κ3) is 4.19. The standard InChI is InChI=1S/C19H34N6S/c1-14(2)25-11-15-6-7-16(10-17(15)23-25)22-18(20-3)21-12-19(24(4)5)8-9-26-13-19/h11,14,16H,6-10,12-13H2,1-5H3,(H2,20,21,22). The summed E-state index contributed by atoms with van der Waals surface area (Å²) in [7, 11) is 6.25. The maximum atomic E-state index is 4.78. The lowest BCUT2D eigenvalue weighted by Gasteiger charge is -2.36. The molecule has 1 saturated heterocycles. The highest BCUT2D eigenvalue weighted by molar-refractivity contribution is 7.99. The van der Waals surface area contributed by atoms with Crippen molar-refractivity contribution in [2.45, 2.75) is 57.2 Å². The van der Waals surface area contributed by atoms with E-state index in [9.17, 15) is 0 Å². The molecule has 3 rings (SSSR count). The number of aromatic nitrogens is 2. The number of likely N-dealkylation sites (N-methyl/N-ethyl adjacent to an activating group) is 1. The molecule has 2 N–H and O–H groups in total. The van der Waals surface area contributed by atoms with E-state index in [1.165, 1.54) is 29.2 Å². The zero-order valence-corrected chi connectivity index (χ0v) is 17.7. The molecule has 0 aromatic carbocycles. The van der Waals surface area contributed by atoms with Gasteiger partial charge in [0.2, 0.25) is 0 Å². The van der Waals surface area contributed by atoms with E-state index >= 15 is 0 Å². The van der Waals surface area contributed by atoms with Crippen LogP contribution in [0.4, 0.5) is 0 Å². The van der Waals surface area contributed by atoms with E-state index in [4.69, 9.17) is 5.10 Å². The Morgan fingerprint density at radius 1 is 1.50 bits per heavy atom. The number of hydrogen-bond acceptors (Lipinski definition) is 4. The molecular weight excluding hydrogens is 344 g/mol. The minimum atomic E-state index is 0.234. The van der Waals surface area contributed by atoms with Crippen LogP contribution in [0.2, 0.25) is 0 Å². The van der Waals surface area contributed by atoms with Gasteiger partial charge in [-0.25, -0.2) is 0 Å². The van der Waals surface area contributed by atoms with Crippen LogP contribution in [0, 0.1) is 0 Å². The molecule has 2 unspecified atom stereocenters. The highest BCUT2D eigenvalue weighted by Crippen LogP contribution is 2.31. The Kier molecular flexibility index (Phi) is 6.17. The first-order chi connectivity index (χ1) is 12.4. The summed E-state index contributed by atoms with van der Waals surface area (Å²) < 4.78 is 2.10. The van der Waals surface area contributed by atoms with Crippen molar-refractivity contribution in [3.63, 3.8) is 0 Å². The van der Waals surface area contributed by atoms with Gasteiger partial charge in [-0.2, -0.15) is 16.9 Å². The lowest BCUT2D eigenvalue weighted by atomic mass is 9.94. The molecule has 2 heterocycles. The summed E-state index contributed by atoms with van der Waals surface area (Å²) in [6.07, 6.45) is 6.65. The van der Waals surface area contributed by atoms with Gasteiger partial charge in [0.1, 0.15) is 0 Å². The summed E-state index contributed by atoms with van der Waals surface area (Å²) in [4.78, 5) is 6.84. The summed E-state index contributed by atoms with van der Waals surface area (Å²) in [5.41, 5.74) is 2.89. The fraction of sp³-hybridized carbons (Fsp3) is 0.789. The van der Waals surface area contributed by atoms with Crippen molar-refractivity contribution >= 4 is 17.7 Å². The molecule has 1 fully saturated rings. The van der Waals surface area contributed by atoms with E-state index < -0.39 is 0 Å². The van der Waals surface area contributed by atoms with Crippen LogP contribution in [0.25, 0.3) is 0 Å². The van der Waals surface area contributed by atoms with Crippen LogP contribution in [0.3, 0.4) is 0 Å². The first-order valence-corrected chi connectivity index (χ1v) is 10.9. The molecule has 7 heteroatoms. The third-order valence-corrected chi connectivity index (χ3v) is 7.04. The van der Waals surface area contributed by atoms with E-state index in [1.54, 1.807) is 0 Å². The predicted octanol–water partition coefficient (Wildman–Crippen LogP) is 1.92. The minimum Gasteiger partial charge on any atom is -0.355 e. The van der Waals surface area contributed by atoms with Crippen molar-refractivity contribution in [1.29, 1.82) is 0 Å². The molecule has 0 radical (unpaired) electrons. The Morgan fingerprint density at radius 3 is 2.92 bits per heavy atom. The largest absolute Gasteiger partial charge is 0.355 e. The highest BCUT2D eigenvalue weighted by Gasteiger charge is 2.36. The Morgan fingerprint density at radius 2 is 2.31 bits per heavy atom. The van der Waals surface area contributed by atoms with Gasteiger partial charge in [0.25, 0.3) is 0 Å². The summed E-state index contributed by atoms with van der Waals surface area (Å²) >= 11 is 2.05. The Hall–Kier alpha value is -1.21. The van der Waals surface area contributed by atoms with Crippen molar-refractivity contribution in [3.8, 4) is 0 Å². The average molecular weight is 379 g/mol. The van der Waals surface area contributed by atoms with E-state index in [0.29, 0.717) is 12.1 Å². The Balaban J connectivity index is 1.57. The third-order valence-electron chi connectivity index (χ3n) is 5.81. The van der Waals surface area contributed by atoms with E-state index in [0.717, 1.165) is 31.8 Å². The van der Waals surface area contributed by atoms with Gasteiger partial charge in [-0.15, -0.1) is 0 Å². The van der Waals surface area contributed by atoms with Crippen LogP contribution in [-0.2, 0) is 12.8 Å². The number of aryl methyl sites for hydroxylation is 1. The molecule has 1 aromatic rings. The summed E-state index contributed by atoms with van der Waals surface area (Å²) in [6, 6.07) is 0.824. The van der Waals surface area contributed by atoms with Gasteiger partial charge in [0.15, 0.2) is 5.96 Å². The smallest absolute Gasteiger partial charge is 0.191 e. The molecule has 2 atom stereocenters. The van der Waals surface area contributed by atoms with Gasteiger partial charge in [-0.3, -0.25) is 9.67 Å². The molecular formula is C19H34N6S. The molecule has 26 heavy (non-hydrogen) atoms. The SMILES string of the molecule is CN=C(NCC1(N(C)C)CCSC1)NC1CCc2cn(C(C)C)nc2C1. The number of fused-ring (bicyclic) bond motifs is 1. The normalized spacial score (nSPS) is 26.4. The summed E-state index contributed by atoms with van der Waals surface area (Å²) in [6.45, 7) is 5.30. The zero-order valence-electron chi connectivity index (χ0n) is 16.9. The Labute approximate surface area is 162 Å². The number of nitrogens with zero attached hydrogens (tertiary/aromatic N) is 4. The number of thioether (sulfide) groups is 1. The fourth-order valence-corrected chi connectivity index (χ4v) is 5.34. The zero-order chi connectivity index (χ0) is 18.7. The van der Waals surface area contributed by atoms with Crippen molar-refractivity contribution in [3.05, 3.63) is 17.5 Å². The van der Waals surface area contributed by atoms with Gasteiger partial charge < -0.3 is 15.5 Å². The van der Waals surface area contributed by atoms with E-state index in [2.05, 4.69) is 59.3 Å². The predicted molar refractivity (Wildman–Crippen MR) is 111 cm³/mol. The van der Waals surface area contributed by atoms with Crippen LogP contribution in [0.1, 0.15) is 44.0 Å². The van der Waals surface area contributed by atoms with Crippen LogP contribution in [0.5, 0.6) is 0 Å². The second-order valence-corrected chi connectivity index (χ2v) is 9.21. The maximum absolute atomic E-state index is 4.78. The van der Waals surface area contributed by atoms with Crippen LogP contribution >= 0.6 is 11.8 Å². The van der Waals surface area contributed by atoms with Crippen LogP contribution in [-0.4, -0.2) is 71.4 Å². The number of rotatable bonds is 5. The summed E-state index contributed by atoms with van der Waals surface area (Å²) in [5, 5.41) is 12.0. The second kappa shape index (κ2) is 8.21. The molecule has 6 nitrogen and oxygen atoms in total. The van der Waals surface area contributed by atoms with Crippen molar-refractivity contribution in [1.82, 2.24) is 25.3 Å². The van der Waals surface area contributed by atoms with Crippen LogP contribution in [0.15, 0.2) is 11.2 Å². The first kappa shape index (κ1) is 19.5. The molecule has 146 valence electrons. The lowest BCUT2D eigenvalue weighted by Crippen LogP contribution is -2.56. The first-order valence-electron chi connectivity index (χ1n) is 9.73. The van der Waals surface area contributed by atoms with Crippen molar-refractivity contribution < 1.29 is 0 Å². The highest BCUT2D eigenvalue weighted by atomic mass is 32.2. The molecule has 0 saturated carbocycles. The molecule has 0 amide bonds. The molecule has 0 spiro atoms. The molecule has 0 bridgehead atoms. The second-order valence-electron chi connectivity index (χ2n) is 8.11. The molecule has 1 aromatic heterocycles. The van der Waals surface area contributed by atoms with Gasteiger partial charge >= 0.3 is 0 Å². The van der Waals surface area contributed by atoms with Gasteiger partial charge in [0, 0.05) is 49.6 Å². The monoisotopic (exact) mass is 378 g/mol. The van der Waals surface area contributed by atoms with Gasteiger partial charge in [-0.1, -0.05) is 0 Å². The Bertz CT molecular complexity index is 630. The molecule has 2 aliphatic rings. The number of guanidine groups is 1. The average Bonchev–Trinajstić information content (AvgIpc) is 3.25. The molecule has 1 aliphatic heterocycles. The van der Waals surface area contributed by atoms with E-state index in [-0.39, 0.29) is 5.54 Å². The molecule has 1 aliphatic carbocycles. The fourth-order valence-electron chi connectivity index (χ4n) is 3.78. The topological polar surface area (TPSA) is 57.5 Å². The minimum absolute atomic E-state index is 0.234. The maximum Gasteiger partial charge on any atom is 0.191 e. The number of nitrogens with one attached hydrogen (secondary N) is 2. The van der Waals surface area contributed by atoms with Crippen molar-refractivity contribution in [2.24, 2.45) is 4.99 Å². The van der Waals surface area contributed by atoms with Gasteiger partial charge in [0.05, 0.1) is 5.69 Å². The lowest BCUT2D eigenvalue weighted by molar-refractivity contribution is 0.183. The van der Waals surface area contributed by atoms with Crippen molar-refractivity contribution in [2.75, 3.05) is 39.2 Å². The number of hydrogen-bond donors (Lipinski definition) is 2. The quantitative estimate of drug-likeness (QED) is 0.606. The van der Waals surface area contributed by atoms with Gasteiger partial charge in [-0.05, 0) is 58.5 Å². The van der Waals surface area contributed by atoms with E-state index in [1.807, 2.05) is 18.8 Å². The summed E-state index contributed by atoms with van der Waals surface area (Å²) in [5.74, 6) is 3.35.